The van der Waals surface area contributed by atoms with Crippen LogP contribution in [0.2, 0.25) is 0 Å². The van der Waals surface area contributed by atoms with Crippen LogP contribution in [0, 0.1) is 17.7 Å². The molecule has 2 aromatic heterocycles. The lowest BCUT2D eigenvalue weighted by Gasteiger charge is -2.37. The minimum Gasteiger partial charge on any atom is -0.364 e. The number of carbonyl (C=O) groups excluding carboxylic acids is 2. The lowest BCUT2D eigenvalue weighted by Crippen LogP contribution is -2.49. The summed E-state index contributed by atoms with van der Waals surface area (Å²) in [5.74, 6) is 0.622. The Morgan fingerprint density at radius 2 is 1.97 bits per heavy atom. The van der Waals surface area contributed by atoms with Gasteiger partial charge in [-0.05, 0) is 62.5 Å². The molecule has 210 valence electrons. The van der Waals surface area contributed by atoms with Crippen molar-refractivity contribution in [1.82, 2.24) is 25.3 Å². The Bertz CT molecular complexity index is 1330. The number of benzene rings is 1. The van der Waals surface area contributed by atoms with Crippen LogP contribution < -0.4 is 10.2 Å². The van der Waals surface area contributed by atoms with Crippen molar-refractivity contribution < 1.29 is 18.5 Å². The maximum Gasteiger partial charge on any atom is 0.257 e. The highest BCUT2D eigenvalue weighted by Gasteiger charge is 2.34. The zero-order chi connectivity index (χ0) is 27.7. The topological polar surface area (TPSA) is 107 Å². The largest absolute Gasteiger partial charge is 0.364 e. The van der Waals surface area contributed by atoms with Gasteiger partial charge in [-0.2, -0.15) is 0 Å². The molecule has 10 heteroatoms. The van der Waals surface area contributed by atoms with Gasteiger partial charge in [0.05, 0.1) is 22.9 Å². The molecule has 9 nitrogen and oxygen atoms in total. The van der Waals surface area contributed by atoms with Crippen molar-refractivity contribution in [2.45, 2.75) is 77.3 Å². The van der Waals surface area contributed by atoms with Crippen LogP contribution in [-0.4, -0.2) is 58.5 Å². The fraction of sp³-hybridized carbons (Fsp3) is 0.586. The highest BCUT2D eigenvalue weighted by molar-refractivity contribution is 5.95. The first-order chi connectivity index (χ1) is 18.8. The van der Waals surface area contributed by atoms with E-state index in [4.69, 9.17) is 9.51 Å². The molecule has 0 spiro atoms. The van der Waals surface area contributed by atoms with E-state index in [1.165, 1.54) is 6.26 Å². The molecular weight excluding hydrogens is 499 g/mol. The molecule has 2 atom stereocenters. The number of fused-ring (bicyclic) bond motifs is 1. The van der Waals surface area contributed by atoms with Gasteiger partial charge in [0.15, 0.2) is 5.82 Å². The monoisotopic (exact) mass is 538 g/mol. The summed E-state index contributed by atoms with van der Waals surface area (Å²) in [7, 11) is 3.47. The number of aromatic amines is 1. The van der Waals surface area contributed by atoms with Crippen molar-refractivity contribution in [2.24, 2.45) is 11.8 Å². The van der Waals surface area contributed by atoms with Gasteiger partial charge in [0, 0.05) is 20.6 Å². The number of aryl methyl sites for hydroxylation is 1. The van der Waals surface area contributed by atoms with E-state index < -0.39 is 17.9 Å². The normalized spacial score (nSPS) is 22.6. The molecule has 0 radical (unpaired) electrons. The molecule has 1 aliphatic carbocycles. The number of nitrogens with zero attached hydrogens (tertiary/aromatic N) is 4. The van der Waals surface area contributed by atoms with Crippen molar-refractivity contribution in [3.05, 3.63) is 41.3 Å². The van der Waals surface area contributed by atoms with Crippen LogP contribution >= 0.6 is 0 Å². The standard InChI is InChI=1S/C29H39FN6O3/c1-5-20-19(16-39-34-20)28(37)33-25(18-11-9-17(2)10-12-18)27-31-21-13-14-22(24(30)26(21)32-27)36-15-7-6-8-23(36)29(38)35(3)4/h13-14,16-18,23,25H,5-12,15H2,1-4H3,(H,31,32)(H,33,37)/t17?,18?,23-,25?/m0/s1. The van der Waals surface area contributed by atoms with Crippen molar-refractivity contribution in [3.8, 4) is 0 Å². The second kappa shape index (κ2) is 11.4. The van der Waals surface area contributed by atoms with Gasteiger partial charge in [0.25, 0.3) is 5.91 Å². The summed E-state index contributed by atoms with van der Waals surface area (Å²) in [5, 5.41) is 7.12. The van der Waals surface area contributed by atoms with Crippen LogP contribution in [0.4, 0.5) is 10.1 Å². The third kappa shape index (κ3) is 5.38. The van der Waals surface area contributed by atoms with E-state index in [-0.39, 0.29) is 23.2 Å². The van der Waals surface area contributed by atoms with E-state index in [1.54, 1.807) is 25.1 Å². The molecule has 1 unspecified atom stereocenters. The number of aromatic nitrogens is 3. The predicted molar refractivity (Wildman–Crippen MR) is 147 cm³/mol. The van der Waals surface area contributed by atoms with Gasteiger partial charge in [0.2, 0.25) is 5.91 Å². The fourth-order valence-electron chi connectivity index (χ4n) is 6.14. The third-order valence-electron chi connectivity index (χ3n) is 8.47. The highest BCUT2D eigenvalue weighted by atomic mass is 19.1. The number of halogens is 1. The Kier molecular flexibility index (Phi) is 7.91. The molecule has 3 aromatic rings. The molecule has 3 heterocycles. The molecule has 1 saturated carbocycles. The number of amides is 2. The quantitative estimate of drug-likeness (QED) is 0.439. The zero-order valence-electron chi connectivity index (χ0n) is 23.3. The highest BCUT2D eigenvalue weighted by Crippen LogP contribution is 2.38. The summed E-state index contributed by atoms with van der Waals surface area (Å²) in [5.41, 5.74) is 2.21. The third-order valence-corrected chi connectivity index (χ3v) is 8.47. The number of hydrogen-bond acceptors (Lipinski definition) is 6. The Hall–Kier alpha value is -3.43. The van der Waals surface area contributed by atoms with Crippen molar-refractivity contribution in [1.29, 1.82) is 0 Å². The second-order valence-corrected chi connectivity index (χ2v) is 11.4. The number of rotatable bonds is 7. The average molecular weight is 539 g/mol. The summed E-state index contributed by atoms with van der Waals surface area (Å²) in [6.45, 7) is 4.79. The lowest BCUT2D eigenvalue weighted by molar-refractivity contribution is -0.130. The van der Waals surface area contributed by atoms with Gasteiger partial charge in [-0.15, -0.1) is 0 Å². The average Bonchev–Trinajstić information content (AvgIpc) is 3.60. The molecule has 2 aliphatic rings. The molecule has 0 bridgehead atoms. The lowest BCUT2D eigenvalue weighted by atomic mass is 9.79. The number of piperidine rings is 1. The number of nitrogens with one attached hydrogen (secondary N) is 2. The molecule has 39 heavy (non-hydrogen) atoms. The smallest absolute Gasteiger partial charge is 0.257 e. The second-order valence-electron chi connectivity index (χ2n) is 11.4. The summed E-state index contributed by atoms with van der Waals surface area (Å²) in [6, 6.07) is 2.76. The van der Waals surface area contributed by atoms with E-state index in [2.05, 4.69) is 22.4 Å². The van der Waals surface area contributed by atoms with Gasteiger partial charge >= 0.3 is 0 Å². The maximum atomic E-state index is 16.1. The van der Waals surface area contributed by atoms with Crippen molar-refractivity contribution in [2.75, 3.05) is 25.5 Å². The summed E-state index contributed by atoms with van der Waals surface area (Å²) < 4.78 is 21.2. The first-order valence-electron chi connectivity index (χ1n) is 14.2. The first-order valence-corrected chi connectivity index (χ1v) is 14.2. The summed E-state index contributed by atoms with van der Waals surface area (Å²) in [6.07, 6.45) is 8.52. The van der Waals surface area contributed by atoms with Crippen LogP contribution in [-0.2, 0) is 11.2 Å². The molecule has 2 amide bonds. The van der Waals surface area contributed by atoms with Crippen LogP contribution in [0.25, 0.3) is 11.0 Å². The van der Waals surface area contributed by atoms with Gasteiger partial charge in [-0.1, -0.05) is 31.8 Å². The molecular formula is C29H39FN6O3. The minimum absolute atomic E-state index is 0.0218. The molecule has 5 rings (SSSR count). The van der Waals surface area contributed by atoms with Crippen LogP contribution in [0.15, 0.2) is 22.9 Å². The van der Waals surface area contributed by atoms with Crippen molar-refractivity contribution >= 4 is 28.5 Å². The molecule has 1 aromatic carbocycles. The molecule has 1 saturated heterocycles. The minimum atomic E-state index is -0.442. The van der Waals surface area contributed by atoms with E-state index in [0.717, 1.165) is 38.5 Å². The molecule has 2 fully saturated rings. The van der Waals surface area contributed by atoms with Crippen LogP contribution in [0.3, 0.4) is 0 Å². The molecule has 1 aliphatic heterocycles. The van der Waals surface area contributed by atoms with Gasteiger partial charge < -0.3 is 24.6 Å². The number of imidazole rings is 1. The Morgan fingerprint density at radius 1 is 1.21 bits per heavy atom. The number of H-pyrrole nitrogens is 1. The molecule has 2 N–H and O–H groups in total. The van der Waals surface area contributed by atoms with E-state index >= 15 is 4.39 Å². The number of hydrogen-bond donors (Lipinski definition) is 2. The van der Waals surface area contributed by atoms with Crippen LogP contribution in [0.1, 0.15) is 86.7 Å². The zero-order valence-corrected chi connectivity index (χ0v) is 23.3. The van der Waals surface area contributed by atoms with E-state index in [0.29, 0.717) is 53.6 Å². The summed E-state index contributed by atoms with van der Waals surface area (Å²) >= 11 is 0. The predicted octanol–water partition coefficient (Wildman–Crippen LogP) is 5.00. The Labute approximate surface area is 228 Å². The first kappa shape index (κ1) is 27.1. The van der Waals surface area contributed by atoms with Gasteiger partial charge in [0.1, 0.15) is 29.2 Å². The van der Waals surface area contributed by atoms with Gasteiger partial charge in [-0.25, -0.2) is 9.37 Å². The number of carbonyl (C=O) groups is 2. The number of likely N-dealkylation sites (N-methyl/N-ethyl adjacent to an activating group) is 1. The van der Waals surface area contributed by atoms with E-state index in [1.807, 2.05) is 17.9 Å². The number of anilines is 1. The van der Waals surface area contributed by atoms with Crippen molar-refractivity contribution in [3.63, 3.8) is 0 Å². The SMILES string of the molecule is CCc1nocc1C(=O)NC(c1nc2c(F)c(N3CCCC[C@H]3C(=O)N(C)C)ccc2[nH]1)C1CCC(C)CC1. The Balaban J connectivity index is 1.49. The van der Waals surface area contributed by atoms with Crippen LogP contribution in [0.5, 0.6) is 0 Å². The summed E-state index contributed by atoms with van der Waals surface area (Å²) in [4.78, 5) is 37.7. The van der Waals surface area contributed by atoms with E-state index in [9.17, 15) is 9.59 Å². The fourth-order valence-corrected chi connectivity index (χ4v) is 6.14. The Morgan fingerprint density at radius 3 is 2.69 bits per heavy atom. The van der Waals surface area contributed by atoms with Gasteiger partial charge in [-0.3, -0.25) is 9.59 Å². The maximum absolute atomic E-state index is 16.1.